The standard InChI is InChI=1S/C11H12ClN3S/c1-7-4-8(6-9(12)5-7)10-2-3-15(14-10)11(13)16/h4-6H,2-3H2,1H3,(H2,13,16). The first kappa shape index (κ1) is 11.4. The van der Waals surface area contributed by atoms with Gasteiger partial charge in [-0.2, -0.15) is 5.10 Å². The number of hydrogen-bond acceptors (Lipinski definition) is 2. The van der Waals surface area contributed by atoms with Gasteiger partial charge in [0.05, 0.1) is 5.71 Å². The van der Waals surface area contributed by atoms with Crippen molar-refractivity contribution in [2.24, 2.45) is 10.8 Å². The van der Waals surface area contributed by atoms with Crippen LogP contribution >= 0.6 is 23.8 Å². The van der Waals surface area contributed by atoms with Crippen molar-refractivity contribution < 1.29 is 0 Å². The number of hydrogen-bond donors (Lipinski definition) is 1. The summed E-state index contributed by atoms with van der Waals surface area (Å²) in [6, 6.07) is 5.90. The van der Waals surface area contributed by atoms with Gasteiger partial charge in [0.15, 0.2) is 5.11 Å². The summed E-state index contributed by atoms with van der Waals surface area (Å²) in [7, 11) is 0. The van der Waals surface area contributed by atoms with Crippen molar-refractivity contribution in [2.45, 2.75) is 13.3 Å². The van der Waals surface area contributed by atoms with Crippen LogP contribution < -0.4 is 5.73 Å². The van der Waals surface area contributed by atoms with Crippen LogP contribution in [0.25, 0.3) is 0 Å². The zero-order valence-electron chi connectivity index (χ0n) is 8.90. The van der Waals surface area contributed by atoms with Gasteiger partial charge in [-0.25, -0.2) is 5.01 Å². The van der Waals surface area contributed by atoms with Gasteiger partial charge >= 0.3 is 0 Å². The Morgan fingerprint density at radius 3 is 2.81 bits per heavy atom. The molecule has 2 N–H and O–H groups in total. The van der Waals surface area contributed by atoms with Gasteiger partial charge in [0.25, 0.3) is 0 Å². The first-order valence-corrected chi connectivity index (χ1v) is 5.77. The predicted molar refractivity (Wildman–Crippen MR) is 70.8 cm³/mol. The number of aryl methyl sites for hydroxylation is 1. The lowest BCUT2D eigenvalue weighted by Crippen LogP contribution is -2.28. The van der Waals surface area contributed by atoms with E-state index < -0.39 is 0 Å². The maximum Gasteiger partial charge on any atom is 0.186 e. The van der Waals surface area contributed by atoms with Crippen LogP contribution in [0.4, 0.5) is 0 Å². The Kier molecular flexibility index (Phi) is 3.12. The van der Waals surface area contributed by atoms with Crippen LogP contribution in [0.3, 0.4) is 0 Å². The molecule has 5 heteroatoms. The summed E-state index contributed by atoms with van der Waals surface area (Å²) in [6.07, 6.45) is 0.844. The largest absolute Gasteiger partial charge is 0.375 e. The minimum Gasteiger partial charge on any atom is -0.375 e. The Bertz CT molecular complexity index is 450. The molecule has 0 saturated heterocycles. The van der Waals surface area contributed by atoms with Crippen LogP contribution in [0.2, 0.25) is 5.02 Å². The quantitative estimate of drug-likeness (QED) is 0.781. The Balaban J connectivity index is 2.32. The van der Waals surface area contributed by atoms with E-state index in [1.165, 1.54) is 0 Å². The van der Waals surface area contributed by atoms with Gasteiger partial charge < -0.3 is 5.73 Å². The van der Waals surface area contributed by atoms with E-state index in [4.69, 9.17) is 29.6 Å². The zero-order valence-corrected chi connectivity index (χ0v) is 10.5. The van der Waals surface area contributed by atoms with E-state index in [1.807, 2.05) is 19.1 Å². The fourth-order valence-corrected chi connectivity index (χ4v) is 2.14. The molecule has 1 aliphatic rings. The summed E-state index contributed by atoms with van der Waals surface area (Å²) >= 11 is 10.9. The minimum atomic E-state index is 0.314. The van der Waals surface area contributed by atoms with Crippen molar-refractivity contribution in [3.05, 3.63) is 34.3 Å². The number of hydrazone groups is 1. The van der Waals surface area contributed by atoms with Crippen LogP contribution in [0, 0.1) is 6.92 Å². The fraction of sp³-hybridized carbons (Fsp3) is 0.273. The number of rotatable bonds is 1. The molecule has 0 amide bonds. The van der Waals surface area contributed by atoms with Gasteiger partial charge in [0.2, 0.25) is 0 Å². The average Bonchev–Trinajstić information content (AvgIpc) is 2.64. The van der Waals surface area contributed by atoms with E-state index in [0.29, 0.717) is 5.11 Å². The lowest BCUT2D eigenvalue weighted by molar-refractivity contribution is 0.495. The maximum atomic E-state index is 6.01. The second kappa shape index (κ2) is 4.39. The second-order valence-electron chi connectivity index (χ2n) is 3.78. The molecular formula is C11H12ClN3S. The van der Waals surface area contributed by atoms with Crippen molar-refractivity contribution in [3.63, 3.8) is 0 Å². The summed E-state index contributed by atoms with van der Waals surface area (Å²) in [5.41, 5.74) is 8.68. The predicted octanol–water partition coefficient (Wildman–Crippen LogP) is 2.30. The highest BCUT2D eigenvalue weighted by atomic mass is 35.5. The van der Waals surface area contributed by atoms with Gasteiger partial charge in [-0.15, -0.1) is 0 Å². The maximum absolute atomic E-state index is 6.01. The monoisotopic (exact) mass is 253 g/mol. The molecule has 0 aromatic heterocycles. The first-order chi connectivity index (χ1) is 7.56. The summed E-state index contributed by atoms with van der Waals surface area (Å²) in [5.74, 6) is 0. The molecule has 0 spiro atoms. The van der Waals surface area contributed by atoms with Gasteiger partial charge in [-0.3, -0.25) is 0 Å². The molecule has 84 valence electrons. The molecule has 2 rings (SSSR count). The Morgan fingerprint density at radius 1 is 1.50 bits per heavy atom. The van der Waals surface area contributed by atoms with Gasteiger partial charge in [0, 0.05) is 18.0 Å². The van der Waals surface area contributed by atoms with E-state index in [2.05, 4.69) is 11.2 Å². The minimum absolute atomic E-state index is 0.314. The smallest absolute Gasteiger partial charge is 0.186 e. The molecule has 3 nitrogen and oxygen atoms in total. The molecule has 0 radical (unpaired) electrons. The van der Waals surface area contributed by atoms with Crippen LogP contribution in [-0.2, 0) is 0 Å². The summed E-state index contributed by atoms with van der Waals surface area (Å²) in [4.78, 5) is 0. The zero-order chi connectivity index (χ0) is 11.7. The summed E-state index contributed by atoms with van der Waals surface area (Å²) in [6.45, 7) is 2.76. The van der Waals surface area contributed by atoms with E-state index in [9.17, 15) is 0 Å². The fourth-order valence-electron chi connectivity index (χ4n) is 1.72. The van der Waals surface area contributed by atoms with Crippen molar-refractivity contribution in [1.82, 2.24) is 5.01 Å². The third-order valence-corrected chi connectivity index (χ3v) is 2.86. The molecular weight excluding hydrogens is 242 g/mol. The van der Waals surface area contributed by atoms with Gasteiger partial charge in [0.1, 0.15) is 0 Å². The third kappa shape index (κ3) is 2.33. The topological polar surface area (TPSA) is 41.6 Å². The van der Waals surface area contributed by atoms with Crippen molar-refractivity contribution in [1.29, 1.82) is 0 Å². The molecule has 0 atom stereocenters. The third-order valence-electron chi connectivity index (χ3n) is 2.43. The molecule has 1 aromatic carbocycles. The Hall–Kier alpha value is -1.13. The lowest BCUT2D eigenvalue weighted by Gasteiger charge is -2.08. The lowest BCUT2D eigenvalue weighted by atomic mass is 10.1. The van der Waals surface area contributed by atoms with Crippen LogP contribution in [0.5, 0.6) is 0 Å². The van der Waals surface area contributed by atoms with E-state index in [-0.39, 0.29) is 0 Å². The normalized spacial score (nSPS) is 15.1. The summed E-state index contributed by atoms with van der Waals surface area (Å²) < 4.78 is 0. The Labute approximate surface area is 105 Å². The highest BCUT2D eigenvalue weighted by Gasteiger charge is 2.17. The highest BCUT2D eigenvalue weighted by Crippen LogP contribution is 2.19. The van der Waals surface area contributed by atoms with Crippen molar-refractivity contribution >= 4 is 34.6 Å². The molecule has 0 fully saturated rings. The number of nitrogens with zero attached hydrogens (tertiary/aromatic N) is 2. The van der Waals surface area contributed by atoms with Crippen LogP contribution in [-0.4, -0.2) is 22.4 Å². The van der Waals surface area contributed by atoms with Gasteiger partial charge in [-0.1, -0.05) is 17.7 Å². The van der Waals surface area contributed by atoms with Crippen molar-refractivity contribution in [3.8, 4) is 0 Å². The molecule has 0 unspecified atom stereocenters. The highest BCUT2D eigenvalue weighted by molar-refractivity contribution is 7.80. The molecule has 0 saturated carbocycles. The van der Waals surface area contributed by atoms with Crippen LogP contribution in [0.15, 0.2) is 23.3 Å². The Morgan fingerprint density at radius 2 is 2.25 bits per heavy atom. The van der Waals surface area contributed by atoms with Gasteiger partial charge in [-0.05, 0) is 42.4 Å². The van der Waals surface area contributed by atoms with Crippen molar-refractivity contribution in [2.75, 3.05) is 6.54 Å². The first-order valence-electron chi connectivity index (χ1n) is 4.98. The molecule has 1 aliphatic heterocycles. The molecule has 0 aliphatic carbocycles. The molecule has 16 heavy (non-hydrogen) atoms. The average molecular weight is 254 g/mol. The SMILES string of the molecule is Cc1cc(Cl)cc(C2=NN(C(N)=S)CC2)c1. The molecule has 0 bridgehead atoms. The number of thiocarbonyl (C=S) groups is 1. The molecule has 1 heterocycles. The molecule has 1 aromatic rings. The second-order valence-corrected chi connectivity index (χ2v) is 4.63. The van der Waals surface area contributed by atoms with E-state index >= 15 is 0 Å². The summed E-state index contributed by atoms with van der Waals surface area (Å²) in [5, 5.41) is 7.05. The number of nitrogens with two attached hydrogens (primary N) is 1. The van der Waals surface area contributed by atoms with E-state index in [1.54, 1.807) is 5.01 Å². The number of halogens is 1. The van der Waals surface area contributed by atoms with E-state index in [0.717, 1.165) is 34.8 Å². The number of benzene rings is 1. The van der Waals surface area contributed by atoms with Crippen LogP contribution in [0.1, 0.15) is 17.5 Å².